The molecule has 2 saturated heterocycles. The summed E-state index contributed by atoms with van der Waals surface area (Å²) >= 11 is 0. The normalized spacial score (nSPS) is 16.7. The molecule has 2 aliphatic rings. The van der Waals surface area contributed by atoms with E-state index in [1.54, 1.807) is 37.4 Å². The van der Waals surface area contributed by atoms with Gasteiger partial charge < -0.3 is 18.8 Å². The molecule has 0 bridgehead atoms. The Bertz CT molecular complexity index is 1220. The number of benzene rings is 2. The third kappa shape index (κ3) is 5.15. The first-order valence-electron chi connectivity index (χ1n) is 11.7. The second-order valence-corrected chi connectivity index (χ2v) is 8.89. The number of likely N-dealkylation sites (tertiary alicyclic amines) is 2. The van der Waals surface area contributed by atoms with E-state index in [1.807, 2.05) is 4.90 Å². The van der Waals surface area contributed by atoms with Gasteiger partial charge in [-0.3, -0.25) is 9.69 Å². The average molecular weight is 502 g/mol. The van der Waals surface area contributed by atoms with E-state index in [0.29, 0.717) is 11.3 Å². The van der Waals surface area contributed by atoms with Gasteiger partial charge in [-0.25, -0.2) is 0 Å². The van der Waals surface area contributed by atoms with E-state index < -0.39 is 23.8 Å². The SMILES string of the molecule is COc1ccc(-c2nnc(C(=O)N3CC(Oc4ccc(CN5CCCC5)c(C(F)(F)F)c4)C3)o2)cc1. The molecule has 36 heavy (non-hydrogen) atoms. The van der Waals surface area contributed by atoms with Gasteiger partial charge in [0.15, 0.2) is 0 Å². The Morgan fingerprint density at radius 2 is 1.75 bits per heavy atom. The van der Waals surface area contributed by atoms with Gasteiger partial charge in [0.2, 0.25) is 5.89 Å². The van der Waals surface area contributed by atoms with Crippen molar-refractivity contribution < 1.29 is 31.9 Å². The Labute approximate surface area is 205 Å². The van der Waals surface area contributed by atoms with Gasteiger partial charge in [0.05, 0.1) is 25.8 Å². The molecule has 0 spiro atoms. The first-order valence-corrected chi connectivity index (χ1v) is 11.7. The maximum Gasteiger partial charge on any atom is 0.416 e. The van der Waals surface area contributed by atoms with Crippen LogP contribution < -0.4 is 9.47 Å². The van der Waals surface area contributed by atoms with Crippen LogP contribution in [0.25, 0.3) is 11.5 Å². The van der Waals surface area contributed by atoms with Crippen LogP contribution in [-0.4, -0.2) is 65.3 Å². The lowest BCUT2D eigenvalue weighted by molar-refractivity contribution is -0.138. The predicted octanol–water partition coefficient (Wildman–Crippen LogP) is 4.26. The molecule has 11 heteroatoms. The molecule has 2 aromatic carbocycles. The molecular weight excluding hydrogens is 477 g/mol. The minimum Gasteiger partial charge on any atom is -0.497 e. The first kappa shape index (κ1) is 24.1. The van der Waals surface area contributed by atoms with Crippen LogP contribution in [-0.2, 0) is 12.7 Å². The van der Waals surface area contributed by atoms with E-state index in [2.05, 4.69) is 10.2 Å². The lowest BCUT2D eigenvalue weighted by atomic mass is 10.1. The number of methoxy groups -OCH3 is 1. The fourth-order valence-electron chi connectivity index (χ4n) is 4.38. The quantitative estimate of drug-likeness (QED) is 0.478. The van der Waals surface area contributed by atoms with Gasteiger partial charge in [0, 0.05) is 12.1 Å². The van der Waals surface area contributed by atoms with E-state index in [0.717, 1.165) is 32.0 Å². The van der Waals surface area contributed by atoms with Gasteiger partial charge in [0.1, 0.15) is 17.6 Å². The van der Waals surface area contributed by atoms with Crippen molar-refractivity contribution in [3.05, 3.63) is 59.5 Å². The number of alkyl halides is 3. The maximum atomic E-state index is 13.7. The average Bonchev–Trinajstić information content (AvgIpc) is 3.53. The van der Waals surface area contributed by atoms with Crippen molar-refractivity contribution in [2.75, 3.05) is 33.3 Å². The molecule has 0 radical (unpaired) electrons. The molecule has 3 heterocycles. The van der Waals surface area contributed by atoms with Gasteiger partial charge in [-0.2, -0.15) is 13.2 Å². The molecule has 0 unspecified atom stereocenters. The van der Waals surface area contributed by atoms with Crippen LogP contribution in [0.2, 0.25) is 0 Å². The van der Waals surface area contributed by atoms with Crippen molar-refractivity contribution in [1.82, 2.24) is 20.0 Å². The molecule has 0 saturated carbocycles. The molecule has 0 N–H and O–H groups in total. The summed E-state index contributed by atoms with van der Waals surface area (Å²) < 4.78 is 57.5. The van der Waals surface area contributed by atoms with E-state index in [-0.39, 0.29) is 42.7 Å². The summed E-state index contributed by atoms with van der Waals surface area (Å²) in [4.78, 5) is 16.1. The molecule has 0 aliphatic carbocycles. The minimum absolute atomic E-state index is 0.129. The number of rotatable bonds is 7. The monoisotopic (exact) mass is 502 g/mol. The summed E-state index contributed by atoms with van der Waals surface area (Å²) in [6.45, 7) is 2.29. The molecule has 2 aliphatic heterocycles. The van der Waals surface area contributed by atoms with Crippen molar-refractivity contribution in [3.8, 4) is 23.0 Å². The predicted molar refractivity (Wildman–Crippen MR) is 123 cm³/mol. The highest BCUT2D eigenvalue weighted by molar-refractivity contribution is 5.90. The number of hydrogen-bond acceptors (Lipinski definition) is 7. The lowest BCUT2D eigenvalue weighted by Crippen LogP contribution is -2.56. The Morgan fingerprint density at radius 3 is 2.42 bits per heavy atom. The number of amides is 1. The number of hydrogen-bond donors (Lipinski definition) is 0. The van der Waals surface area contributed by atoms with Crippen LogP contribution in [0, 0.1) is 0 Å². The van der Waals surface area contributed by atoms with E-state index in [4.69, 9.17) is 13.9 Å². The number of carbonyl (C=O) groups is 1. The highest BCUT2D eigenvalue weighted by Crippen LogP contribution is 2.36. The topological polar surface area (TPSA) is 80.9 Å². The zero-order valence-electron chi connectivity index (χ0n) is 19.6. The van der Waals surface area contributed by atoms with E-state index in [9.17, 15) is 18.0 Å². The molecule has 8 nitrogen and oxygen atoms in total. The summed E-state index contributed by atoms with van der Waals surface area (Å²) in [5, 5.41) is 7.75. The van der Waals surface area contributed by atoms with E-state index in [1.165, 1.54) is 11.0 Å². The van der Waals surface area contributed by atoms with Gasteiger partial charge in [-0.05, 0) is 67.9 Å². The van der Waals surface area contributed by atoms with Gasteiger partial charge in [-0.1, -0.05) is 6.07 Å². The van der Waals surface area contributed by atoms with Crippen molar-refractivity contribution in [1.29, 1.82) is 0 Å². The number of ether oxygens (including phenoxy) is 2. The third-order valence-electron chi connectivity index (χ3n) is 6.36. The summed E-state index contributed by atoms with van der Waals surface area (Å²) in [5.41, 5.74) is 0.197. The standard InChI is InChI=1S/C25H25F3N4O4/c1-34-18-7-4-16(5-8-18)22-29-30-23(36-22)24(33)32-14-20(15-32)35-19-9-6-17(13-31-10-2-3-11-31)21(12-19)25(26,27)28/h4-9,12,20H,2-3,10-11,13-15H2,1H3. The Kier molecular flexibility index (Phi) is 6.57. The largest absolute Gasteiger partial charge is 0.497 e. The van der Waals surface area contributed by atoms with E-state index >= 15 is 0 Å². The van der Waals surface area contributed by atoms with Gasteiger partial charge in [0.25, 0.3) is 0 Å². The van der Waals surface area contributed by atoms with Crippen molar-refractivity contribution in [2.45, 2.75) is 31.7 Å². The van der Waals surface area contributed by atoms with Gasteiger partial charge >= 0.3 is 18.0 Å². The van der Waals surface area contributed by atoms with Crippen LogP contribution in [0.1, 0.15) is 34.7 Å². The maximum absolute atomic E-state index is 13.7. The van der Waals surface area contributed by atoms with Crippen molar-refractivity contribution in [2.24, 2.45) is 0 Å². The highest BCUT2D eigenvalue weighted by Gasteiger charge is 2.37. The summed E-state index contributed by atoms with van der Waals surface area (Å²) in [6.07, 6.45) is -2.89. The fraction of sp³-hybridized carbons (Fsp3) is 0.400. The second-order valence-electron chi connectivity index (χ2n) is 8.89. The smallest absolute Gasteiger partial charge is 0.416 e. The first-order chi connectivity index (χ1) is 17.3. The van der Waals surface area contributed by atoms with Crippen molar-refractivity contribution >= 4 is 5.91 Å². The number of carbonyl (C=O) groups excluding carboxylic acids is 1. The zero-order valence-corrected chi connectivity index (χ0v) is 19.6. The summed E-state index contributed by atoms with van der Waals surface area (Å²) in [5.74, 6) is 0.376. The minimum atomic E-state index is -4.48. The lowest BCUT2D eigenvalue weighted by Gasteiger charge is -2.38. The van der Waals surface area contributed by atoms with Crippen LogP contribution in [0.3, 0.4) is 0 Å². The summed E-state index contributed by atoms with van der Waals surface area (Å²) in [6, 6.07) is 11.0. The van der Waals surface area contributed by atoms with Crippen LogP contribution in [0.4, 0.5) is 13.2 Å². The number of halogens is 3. The Morgan fingerprint density at radius 1 is 1.06 bits per heavy atom. The second kappa shape index (κ2) is 9.81. The molecule has 1 amide bonds. The van der Waals surface area contributed by atoms with Crippen LogP contribution in [0.5, 0.6) is 11.5 Å². The van der Waals surface area contributed by atoms with Crippen LogP contribution >= 0.6 is 0 Å². The van der Waals surface area contributed by atoms with Crippen molar-refractivity contribution in [3.63, 3.8) is 0 Å². The molecule has 5 rings (SSSR count). The number of aromatic nitrogens is 2. The molecule has 0 atom stereocenters. The molecule has 190 valence electrons. The Hall–Kier alpha value is -3.60. The fourth-order valence-corrected chi connectivity index (χ4v) is 4.38. The molecule has 2 fully saturated rings. The van der Waals surface area contributed by atoms with Gasteiger partial charge in [-0.15, -0.1) is 10.2 Å². The summed E-state index contributed by atoms with van der Waals surface area (Å²) in [7, 11) is 1.56. The number of nitrogens with zero attached hydrogens (tertiary/aromatic N) is 4. The molecule has 1 aromatic heterocycles. The van der Waals surface area contributed by atoms with Crippen LogP contribution in [0.15, 0.2) is 46.9 Å². The highest BCUT2D eigenvalue weighted by atomic mass is 19.4. The molecule has 3 aromatic rings. The third-order valence-corrected chi connectivity index (χ3v) is 6.36. The Balaban J connectivity index is 1.19. The molecular formula is C25H25F3N4O4. The zero-order chi connectivity index (χ0) is 25.3.